The Kier molecular flexibility index (Phi) is 4.70. The molecule has 1 saturated carbocycles. The summed E-state index contributed by atoms with van der Waals surface area (Å²) < 4.78 is 5.95. The zero-order chi connectivity index (χ0) is 15.7. The number of rotatable bonds is 0. The van der Waals surface area contributed by atoms with E-state index >= 15 is 0 Å². The van der Waals surface area contributed by atoms with Gasteiger partial charge in [-0.3, -0.25) is 4.79 Å². The number of aliphatic hydroxyl groups is 1. The van der Waals surface area contributed by atoms with Gasteiger partial charge in [-0.2, -0.15) is 0 Å². The molecule has 0 aromatic heterocycles. The number of hydrogen-bond donors (Lipinski definition) is 2. The topological polar surface area (TPSA) is 66.8 Å². The Bertz CT molecular complexity index is 432. The molecule has 3 atom stereocenters. The number of carboxylic acid groups (broad SMARTS) is 1. The molecule has 0 aromatic rings. The van der Waals surface area contributed by atoms with Crippen molar-refractivity contribution in [1.82, 2.24) is 0 Å². The highest BCUT2D eigenvalue weighted by Crippen LogP contribution is 2.53. The molecule has 1 aliphatic heterocycles. The molecule has 114 valence electrons. The van der Waals surface area contributed by atoms with E-state index in [0.29, 0.717) is 0 Å². The highest BCUT2D eigenvalue weighted by Gasteiger charge is 2.55. The van der Waals surface area contributed by atoms with Gasteiger partial charge in [0.2, 0.25) is 0 Å². The van der Waals surface area contributed by atoms with Crippen LogP contribution >= 0.6 is 0 Å². The number of carbonyl (C=O) groups is 1. The smallest absolute Gasteiger partial charge is 0.300 e. The second kappa shape index (κ2) is 5.60. The van der Waals surface area contributed by atoms with E-state index < -0.39 is 17.7 Å². The highest BCUT2D eigenvalue weighted by molar-refractivity contribution is 5.62. The number of aliphatic hydroxyl groups excluding tert-OH is 1. The largest absolute Gasteiger partial charge is 0.489 e. The molecule has 0 bridgehead atoms. The average Bonchev–Trinajstić information content (AvgIpc) is 2.21. The SMILES string of the molecule is C=C1C=C(C)OC2(C)C(O)CCC(C)(C)C12.CC(=O)O. The highest BCUT2D eigenvalue weighted by atomic mass is 16.5. The summed E-state index contributed by atoms with van der Waals surface area (Å²) in [5.41, 5.74) is 0.731. The molecule has 0 saturated heterocycles. The van der Waals surface area contributed by atoms with Gasteiger partial charge in [-0.1, -0.05) is 20.4 Å². The van der Waals surface area contributed by atoms with Gasteiger partial charge in [0.15, 0.2) is 0 Å². The Morgan fingerprint density at radius 2 is 1.95 bits per heavy atom. The molecule has 4 heteroatoms. The second-order valence-corrected chi connectivity index (χ2v) is 6.61. The van der Waals surface area contributed by atoms with Crippen molar-refractivity contribution in [1.29, 1.82) is 0 Å². The van der Waals surface area contributed by atoms with Crippen molar-refractivity contribution in [2.45, 2.75) is 59.2 Å². The van der Waals surface area contributed by atoms with E-state index in [4.69, 9.17) is 14.6 Å². The molecular formula is C16H26O4. The summed E-state index contributed by atoms with van der Waals surface area (Å²) in [7, 11) is 0. The van der Waals surface area contributed by atoms with E-state index in [2.05, 4.69) is 20.4 Å². The molecule has 2 rings (SSSR count). The van der Waals surface area contributed by atoms with Crippen molar-refractivity contribution in [3.05, 3.63) is 24.0 Å². The monoisotopic (exact) mass is 282 g/mol. The van der Waals surface area contributed by atoms with Gasteiger partial charge in [-0.05, 0) is 43.8 Å². The Hall–Kier alpha value is -1.29. The van der Waals surface area contributed by atoms with Crippen molar-refractivity contribution >= 4 is 5.97 Å². The van der Waals surface area contributed by atoms with Gasteiger partial charge in [0.05, 0.1) is 11.9 Å². The van der Waals surface area contributed by atoms with Crippen LogP contribution in [0.1, 0.15) is 47.5 Å². The van der Waals surface area contributed by atoms with Gasteiger partial charge < -0.3 is 14.9 Å². The van der Waals surface area contributed by atoms with Crippen molar-refractivity contribution in [2.75, 3.05) is 0 Å². The van der Waals surface area contributed by atoms with E-state index in [0.717, 1.165) is 31.1 Å². The molecule has 3 unspecified atom stereocenters. The molecular weight excluding hydrogens is 256 g/mol. The van der Waals surface area contributed by atoms with E-state index in [1.54, 1.807) is 0 Å². The lowest BCUT2D eigenvalue weighted by molar-refractivity contribution is -0.168. The minimum absolute atomic E-state index is 0.141. The van der Waals surface area contributed by atoms with Crippen LogP contribution in [0.25, 0.3) is 0 Å². The van der Waals surface area contributed by atoms with Crippen LogP contribution in [-0.4, -0.2) is 27.9 Å². The normalized spacial score (nSPS) is 34.9. The maximum atomic E-state index is 10.2. The van der Waals surface area contributed by atoms with Gasteiger partial charge in [-0.25, -0.2) is 0 Å². The van der Waals surface area contributed by atoms with Crippen LogP contribution in [0, 0.1) is 11.3 Å². The molecule has 1 fully saturated rings. The molecule has 2 N–H and O–H groups in total. The average molecular weight is 282 g/mol. The summed E-state index contributed by atoms with van der Waals surface area (Å²) in [5.74, 6) is 0.230. The number of fused-ring (bicyclic) bond motifs is 1. The lowest BCUT2D eigenvalue weighted by Gasteiger charge is -2.55. The predicted octanol–water partition coefficient (Wildman–Crippen LogP) is 3.12. The summed E-state index contributed by atoms with van der Waals surface area (Å²) in [4.78, 5) is 9.00. The summed E-state index contributed by atoms with van der Waals surface area (Å²) in [6.45, 7) is 13.7. The summed E-state index contributed by atoms with van der Waals surface area (Å²) in [6, 6.07) is 0. The van der Waals surface area contributed by atoms with Crippen LogP contribution in [0.3, 0.4) is 0 Å². The van der Waals surface area contributed by atoms with Gasteiger partial charge >= 0.3 is 0 Å². The van der Waals surface area contributed by atoms with Crippen LogP contribution in [0.2, 0.25) is 0 Å². The van der Waals surface area contributed by atoms with Gasteiger partial charge in [0, 0.05) is 12.8 Å². The maximum Gasteiger partial charge on any atom is 0.300 e. The Morgan fingerprint density at radius 1 is 1.45 bits per heavy atom. The first-order valence-corrected chi connectivity index (χ1v) is 6.94. The fraction of sp³-hybridized carbons (Fsp3) is 0.688. The molecule has 1 heterocycles. The number of hydrogen-bond acceptors (Lipinski definition) is 3. The zero-order valence-corrected chi connectivity index (χ0v) is 13.1. The van der Waals surface area contributed by atoms with Gasteiger partial charge in [-0.15, -0.1) is 0 Å². The fourth-order valence-corrected chi connectivity index (χ4v) is 3.63. The Morgan fingerprint density at radius 3 is 2.45 bits per heavy atom. The van der Waals surface area contributed by atoms with Crippen molar-refractivity contribution in [2.24, 2.45) is 11.3 Å². The first-order valence-electron chi connectivity index (χ1n) is 6.94. The first kappa shape index (κ1) is 16.8. The van der Waals surface area contributed by atoms with Crippen molar-refractivity contribution in [3.8, 4) is 0 Å². The minimum Gasteiger partial charge on any atom is -0.489 e. The van der Waals surface area contributed by atoms with Gasteiger partial charge in [0.25, 0.3) is 5.97 Å². The van der Waals surface area contributed by atoms with Gasteiger partial charge in [0.1, 0.15) is 5.60 Å². The minimum atomic E-state index is -0.833. The molecule has 0 aromatic carbocycles. The molecule has 4 nitrogen and oxygen atoms in total. The Balaban J connectivity index is 0.000000444. The molecule has 0 amide bonds. The van der Waals surface area contributed by atoms with Crippen LogP contribution < -0.4 is 0 Å². The van der Waals surface area contributed by atoms with E-state index in [9.17, 15) is 5.11 Å². The maximum absolute atomic E-state index is 10.2. The molecule has 0 spiro atoms. The summed E-state index contributed by atoms with van der Waals surface area (Å²) in [6.07, 6.45) is 3.43. The number of carboxylic acids is 1. The Labute approximate surface area is 121 Å². The van der Waals surface area contributed by atoms with E-state index in [-0.39, 0.29) is 11.3 Å². The predicted molar refractivity (Wildman–Crippen MR) is 78.2 cm³/mol. The molecule has 20 heavy (non-hydrogen) atoms. The molecule has 1 aliphatic carbocycles. The van der Waals surface area contributed by atoms with Crippen LogP contribution in [0.5, 0.6) is 0 Å². The fourth-order valence-electron chi connectivity index (χ4n) is 3.63. The second-order valence-electron chi connectivity index (χ2n) is 6.61. The standard InChI is InChI=1S/C14H22O2.C2H4O2/c1-9-8-10(2)16-14(5)11(15)6-7-13(3,4)12(9)14;1-2(3)4/h8,11-12,15H,1,6-7H2,2-5H3;1H3,(H,3,4). The number of allylic oxidation sites excluding steroid dienone is 2. The number of ether oxygens (including phenoxy) is 1. The third kappa shape index (κ3) is 3.23. The quantitative estimate of drug-likeness (QED) is 0.716. The van der Waals surface area contributed by atoms with E-state index in [1.165, 1.54) is 0 Å². The number of aliphatic carboxylic acids is 1. The first-order chi connectivity index (χ1) is 9.00. The van der Waals surface area contributed by atoms with Crippen LogP contribution in [0.15, 0.2) is 24.0 Å². The lowest BCUT2D eigenvalue weighted by atomic mass is 9.57. The van der Waals surface area contributed by atoms with E-state index in [1.807, 2.05) is 19.9 Å². The third-order valence-electron chi connectivity index (χ3n) is 4.22. The summed E-state index contributed by atoms with van der Waals surface area (Å²) in [5, 5.41) is 17.7. The third-order valence-corrected chi connectivity index (χ3v) is 4.22. The van der Waals surface area contributed by atoms with Crippen molar-refractivity contribution in [3.63, 3.8) is 0 Å². The zero-order valence-electron chi connectivity index (χ0n) is 13.1. The van der Waals surface area contributed by atoms with Crippen LogP contribution in [-0.2, 0) is 9.53 Å². The summed E-state index contributed by atoms with van der Waals surface area (Å²) >= 11 is 0. The van der Waals surface area contributed by atoms with Crippen molar-refractivity contribution < 1.29 is 19.7 Å². The van der Waals surface area contributed by atoms with Crippen LogP contribution in [0.4, 0.5) is 0 Å². The lowest BCUT2D eigenvalue weighted by Crippen LogP contribution is -2.58. The molecule has 0 radical (unpaired) electrons. The molecule has 2 aliphatic rings.